The monoisotopic (exact) mass is 279 g/mol. The standard InChI is InChI=1S/C14H21N3O3/c1-10(13(17-9-18)5-6-14(16)19)20-8-11-3-2-4-12(15)7-11/h2-4,7,9-10,13H,5-6,8,15H2,1H3,(H2,16,19)(H,17,18). The molecule has 2 amide bonds. The SMILES string of the molecule is CC(OCc1cccc(N)c1)C(CCC(N)=O)NC=O. The molecule has 0 aromatic heterocycles. The van der Waals surface area contributed by atoms with Crippen molar-refractivity contribution in [2.45, 2.75) is 38.5 Å². The van der Waals surface area contributed by atoms with Crippen LogP contribution in [-0.2, 0) is 20.9 Å². The van der Waals surface area contributed by atoms with Gasteiger partial charge in [-0.25, -0.2) is 0 Å². The maximum Gasteiger partial charge on any atom is 0.217 e. The second kappa shape index (κ2) is 8.16. The molecular weight excluding hydrogens is 258 g/mol. The number of amides is 2. The molecule has 0 radical (unpaired) electrons. The molecule has 6 heteroatoms. The molecule has 0 aliphatic rings. The summed E-state index contributed by atoms with van der Waals surface area (Å²) in [5, 5.41) is 2.65. The van der Waals surface area contributed by atoms with E-state index in [1.54, 1.807) is 6.07 Å². The van der Waals surface area contributed by atoms with Gasteiger partial charge in [0.1, 0.15) is 0 Å². The fraction of sp³-hybridized carbons (Fsp3) is 0.429. The molecule has 1 aromatic carbocycles. The molecule has 0 aliphatic heterocycles. The van der Waals surface area contributed by atoms with Crippen LogP contribution in [0.5, 0.6) is 0 Å². The third-order valence-corrected chi connectivity index (χ3v) is 3.01. The summed E-state index contributed by atoms with van der Waals surface area (Å²) in [6, 6.07) is 7.15. The number of hydrogen-bond acceptors (Lipinski definition) is 4. The summed E-state index contributed by atoms with van der Waals surface area (Å²) < 4.78 is 5.70. The highest BCUT2D eigenvalue weighted by molar-refractivity contribution is 5.73. The average Bonchev–Trinajstić information content (AvgIpc) is 2.40. The second-order valence-electron chi connectivity index (χ2n) is 4.66. The fourth-order valence-corrected chi connectivity index (χ4v) is 1.87. The van der Waals surface area contributed by atoms with Crippen LogP contribution in [0.25, 0.3) is 0 Å². The highest BCUT2D eigenvalue weighted by Crippen LogP contribution is 2.12. The van der Waals surface area contributed by atoms with Gasteiger partial charge in [-0.05, 0) is 31.0 Å². The maximum absolute atomic E-state index is 10.8. The quantitative estimate of drug-likeness (QED) is 0.453. The van der Waals surface area contributed by atoms with E-state index in [-0.39, 0.29) is 18.6 Å². The van der Waals surface area contributed by atoms with Crippen LogP contribution in [0.2, 0.25) is 0 Å². The predicted octanol–water partition coefficient (Wildman–Crippen LogP) is 0.554. The molecule has 0 bridgehead atoms. The largest absolute Gasteiger partial charge is 0.399 e. The summed E-state index contributed by atoms with van der Waals surface area (Å²) in [7, 11) is 0. The lowest BCUT2D eigenvalue weighted by Gasteiger charge is -2.23. The number of nitrogens with two attached hydrogens (primary N) is 2. The van der Waals surface area contributed by atoms with E-state index in [4.69, 9.17) is 16.2 Å². The van der Waals surface area contributed by atoms with E-state index in [0.717, 1.165) is 5.56 Å². The lowest BCUT2D eigenvalue weighted by Crippen LogP contribution is -2.39. The number of nitrogen functional groups attached to an aromatic ring is 1. The molecule has 0 spiro atoms. The van der Waals surface area contributed by atoms with Crippen molar-refractivity contribution < 1.29 is 14.3 Å². The Kier molecular flexibility index (Phi) is 6.52. The molecule has 0 heterocycles. The zero-order valence-electron chi connectivity index (χ0n) is 11.5. The number of ether oxygens (including phenoxy) is 1. The van der Waals surface area contributed by atoms with Crippen LogP contribution in [0, 0.1) is 0 Å². The molecule has 1 aromatic rings. The maximum atomic E-state index is 10.8. The van der Waals surface area contributed by atoms with E-state index in [1.165, 1.54) is 0 Å². The van der Waals surface area contributed by atoms with Crippen molar-refractivity contribution in [3.05, 3.63) is 29.8 Å². The van der Waals surface area contributed by atoms with E-state index in [0.29, 0.717) is 25.1 Å². The van der Waals surface area contributed by atoms with Crippen molar-refractivity contribution in [1.29, 1.82) is 0 Å². The van der Waals surface area contributed by atoms with E-state index in [1.807, 2.05) is 25.1 Å². The molecule has 5 N–H and O–H groups in total. The first-order chi connectivity index (χ1) is 9.52. The number of carbonyl (C=O) groups is 2. The van der Waals surface area contributed by atoms with Crippen LogP contribution in [0.15, 0.2) is 24.3 Å². The lowest BCUT2D eigenvalue weighted by atomic mass is 10.1. The van der Waals surface area contributed by atoms with Gasteiger partial charge in [-0.3, -0.25) is 9.59 Å². The Morgan fingerprint density at radius 1 is 1.50 bits per heavy atom. The number of nitrogens with one attached hydrogen (secondary N) is 1. The second-order valence-corrected chi connectivity index (χ2v) is 4.66. The van der Waals surface area contributed by atoms with Gasteiger partial charge in [0.2, 0.25) is 12.3 Å². The first-order valence-electron chi connectivity index (χ1n) is 6.47. The van der Waals surface area contributed by atoms with Gasteiger partial charge in [-0.1, -0.05) is 12.1 Å². The first kappa shape index (κ1) is 16.0. The topological polar surface area (TPSA) is 107 Å². The van der Waals surface area contributed by atoms with Crippen molar-refractivity contribution in [1.82, 2.24) is 5.32 Å². The normalized spacial score (nSPS) is 13.4. The molecule has 110 valence electrons. The third kappa shape index (κ3) is 5.71. The molecule has 20 heavy (non-hydrogen) atoms. The van der Waals surface area contributed by atoms with Gasteiger partial charge in [-0.15, -0.1) is 0 Å². The molecule has 0 fully saturated rings. The summed E-state index contributed by atoms with van der Waals surface area (Å²) in [6.45, 7) is 2.23. The zero-order valence-corrected chi connectivity index (χ0v) is 11.5. The van der Waals surface area contributed by atoms with Crippen molar-refractivity contribution in [2.75, 3.05) is 5.73 Å². The minimum atomic E-state index is -0.397. The summed E-state index contributed by atoms with van der Waals surface area (Å²) in [4.78, 5) is 21.4. The van der Waals surface area contributed by atoms with Crippen LogP contribution >= 0.6 is 0 Å². The van der Waals surface area contributed by atoms with Crippen molar-refractivity contribution in [3.63, 3.8) is 0 Å². The molecule has 6 nitrogen and oxygen atoms in total. The molecule has 1 rings (SSSR count). The summed E-state index contributed by atoms with van der Waals surface area (Å²) in [5.74, 6) is -0.397. The van der Waals surface area contributed by atoms with E-state index in [9.17, 15) is 9.59 Å². The number of hydrogen-bond donors (Lipinski definition) is 3. The van der Waals surface area contributed by atoms with Crippen molar-refractivity contribution in [2.24, 2.45) is 5.73 Å². The predicted molar refractivity (Wildman–Crippen MR) is 76.5 cm³/mol. The number of carbonyl (C=O) groups excluding carboxylic acids is 2. The van der Waals surface area contributed by atoms with Crippen LogP contribution in [0.3, 0.4) is 0 Å². The van der Waals surface area contributed by atoms with Gasteiger partial charge in [0.05, 0.1) is 18.8 Å². The molecule has 0 aliphatic carbocycles. The smallest absolute Gasteiger partial charge is 0.217 e. The number of rotatable bonds is 9. The van der Waals surface area contributed by atoms with E-state index in [2.05, 4.69) is 5.32 Å². The van der Waals surface area contributed by atoms with Crippen LogP contribution in [0.4, 0.5) is 5.69 Å². The fourth-order valence-electron chi connectivity index (χ4n) is 1.87. The Balaban J connectivity index is 2.50. The molecule has 0 saturated carbocycles. The summed E-state index contributed by atoms with van der Waals surface area (Å²) in [6.07, 6.45) is 1.02. The molecule has 0 saturated heterocycles. The molecular formula is C14H21N3O3. The van der Waals surface area contributed by atoms with Gasteiger partial charge < -0.3 is 21.5 Å². The van der Waals surface area contributed by atoms with Gasteiger partial charge in [0, 0.05) is 12.1 Å². The Morgan fingerprint density at radius 2 is 2.25 bits per heavy atom. The van der Waals surface area contributed by atoms with Crippen molar-refractivity contribution >= 4 is 18.0 Å². The minimum absolute atomic E-state index is 0.206. The number of primary amides is 1. The zero-order chi connectivity index (χ0) is 15.0. The van der Waals surface area contributed by atoms with E-state index >= 15 is 0 Å². The Hall–Kier alpha value is -2.08. The van der Waals surface area contributed by atoms with Crippen LogP contribution in [0.1, 0.15) is 25.3 Å². The highest BCUT2D eigenvalue weighted by Gasteiger charge is 2.18. The van der Waals surface area contributed by atoms with Gasteiger partial charge >= 0.3 is 0 Å². The first-order valence-corrected chi connectivity index (χ1v) is 6.47. The molecule has 2 atom stereocenters. The van der Waals surface area contributed by atoms with Gasteiger partial charge in [0.15, 0.2) is 0 Å². The third-order valence-electron chi connectivity index (χ3n) is 3.01. The highest BCUT2D eigenvalue weighted by atomic mass is 16.5. The summed E-state index contributed by atoms with van der Waals surface area (Å²) in [5.41, 5.74) is 12.4. The van der Waals surface area contributed by atoms with Crippen LogP contribution < -0.4 is 16.8 Å². The summed E-state index contributed by atoms with van der Waals surface area (Å²) >= 11 is 0. The lowest BCUT2D eigenvalue weighted by molar-refractivity contribution is -0.119. The Morgan fingerprint density at radius 3 is 2.85 bits per heavy atom. The number of anilines is 1. The minimum Gasteiger partial charge on any atom is -0.399 e. The Labute approximate surface area is 118 Å². The van der Waals surface area contributed by atoms with Crippen molar-refractivity contribution in [3.8, 4) is 0 Å². The van der Waals surface area contributed by atoms with Gasteiger partial charge in [-0.2, -0.15) is 0 Å². The van der Waals surface area contributed by atoms with E-state index < -0.39 is 5.91 Å². The average molecular weight is 279 g/mol. The Bertz CT molecular complexity index is 451. The van der Waals surface area contributed by atoms with Gasteiger partial charge in [0.25, 0.3) is 0 Å². The molecule has 2 unspecified atom stereocenters. The number of benzene rings is 1. The van der Waals surface area contributed by atoms with Crippen LogP contribution in [-0.4, -0.2) is 24.5 Å².